The first-order chi connectivity index (χ1) is 7.84. The van der Waals surface area contributed by atoms with Gasteiger partial charge in [0, 0.05) is 18.5 Å². The maximum atomic E-state index is 11.4. The van der Waals surface area contributed by atoms with Gasteiger partial charge in [0.1, 0.15) is 5.76 Å². The number of anilines is 1. The molecule has 1 amide bonds. The number of nitrogens with zero attached hydrogens (tertiary/aromatic N) is 2. The number of furan rings is 1. The third-order valence-electron chi connectivity index (χ3n) is 1.74. The first-order valence-electron chi connectivity index (χ1n) is 4.64. The molecule has 0 saturated heterocycles. The summed E-state index contributed by atoms with van der Waals surface area (Å²) in [5.41, 5.74) is 0. The summed E-state index contributed by atoms with van der Waals surface area (Å²) in [5, 5.41) is 2.51. The number of rotatable bonds is 3. The number of carbonyl (C=O) groups is 1. The van der Waals surface area contributed by atoms with E-state index in [1.54, 1.807) is 36.7 Å². The normalized spacial score (nSPS) is 10.5. The lowest BCUT2D eigenvalue weighted by molar-refractivity contribution is -0.111. The Bertz CT molecular complexity index is 477. The van der Waals surface area contributed by atoms with E-state index in [0.29, 0.717) is 5.76 Å². The van der Waals surface area contributed by atoms with Gasteiger partial charge in [0.25, 0.3) is 5.91 Å². The zero-order valence-electron chi connectivity index (χ0n) is 8.33. The van der Waals surface area contributed by atoms with Crippen LogP contribution >= 0.6 is 0 Å². The minimum atomic E-state index is -0.303. The van der Waals surface area contributed by atoms with Gasteiger partial charge in [-0.05, 0) is 24.3 Å². The lowest BCUT2D eigenvalue weighted by Crippen LogP contribution is -2.10. The molecule has 2 aromatic rings. The van der Waals surface area contributed by atoms with E-state index in [1.165, 1.54) is 12.3 Å². The van der Waals surface area contributed by atoms with Crippen molar-refractivity contribution in [1.82, 2.24) is 9.97 Å². The molecule has 0 aliphatic heterocycles. The largest absolute Gasteiger partial charge is 0.465 e. The highest BCUT2D eigenvalue weighted by molar-refractivity contribution is 6.00. The van der Waals surface area contributed by atoms with Crippen LogP contribution in [-0.4, -0.2) is 15.9 Å². The second kappa shape index (κ2) is 4.88. The molecule has 5 heteroatoms. The van der Waals surface area contributed by atoms with Gasteiger partial charge in [0.05, 0.1) is 6.26 Å². The van der Waals surface area contributed by atoms with Gasteiger partial charge in [-0.25, -0.2) is 9.97 Å². The van der Waals surface area contributed by atoms with E-state index in [1.807, 2.05) is 0 Å². The number of hydrogen-bond donors (Lipinski definition) is 1. The molecule has 0 saturated carbocycles. The summed E-state index contributed by atoms with van der Waals surface area (Å²) in [6.45, 7) is 0. The van der Waals surface area contributed by atoms with Gasteiger partial charge in [0.15, 0.2) is 0 Å². The summed E-state index contributed by atoms with van der Waals surface area (Å²) < 4.78 is 5.04. The van der Waals surface area contributed by atoms with Gasteiger partial charge in [0.2, 0.25) is 5.95 Å². The molecule has 0 aliphatic rings. The molecule has 0 atom stereocenters. The zero-order chi connectivity index (χ0) is 11.2. The Balaban J connectivity index is 1.95. The molecule has 0 unspecified atom stereocenters. The van der Waals surface area contributed by atoms with Crippen molar-refractivity contribution in [3.05, 3.63) is 48.7 Å². The van der Waals surface area contributed by atoms with Crippen LogP contribution in [0.15, 0.2) is 47.3 Å². The standard InChI is InChI=1S/C11H9N3O2/c15-10(5-4-9-3-1-8-16-9)14-11-12-6-2-7-13-11/h1-8H,(H,12,13,14,15). The smallest absolute Gasteiger partial charge is 0.250 e. The lowest BCUT2D eigenvalue weighted by Gasteiger charge is -1.97. The molecule has 1 N–H and O–H groups in total. The highest BCUT2D eigenvalue weighted by Crippen LogP contribution is 2.02. The molecule has 2 aromatic heterocycles. The SMILES string of the molecule is O=C(C=Cc1ccco1)Nc1ncccn1. The van der Waals surface area contributed by atoms with Crippen LogP contribution in [0, 0.1) is 0 Å². The van der Waals surface area contributed by atoms with Crippen LogP contribution in [0.2, 0.25) is 0 Å². The summed E-state index contributed by atoms with van der Waals surface area (Å²) in [4.78, 5) is 19.1. The Hall–Kier alpha value is -2.43. The van der Waals surface area contributed by atoms with Crippen LogP contribution in [0.4, 0.5) is 5.95 Å². The van der Waals surface area contributed by atoms with Crippen LogP contribution in [0.25, 0.3) is 6.08 Å². The Morgan fingerprint density at radius 2 is 2.12 bits per heavy atom. The molecule has 0 bridgehead atoms. The lowest BCUT2D eigenvalue weighted by atomic mass is 10.4. The highest BCUT2D eigenvalue weighted by atomic mass is 16.3. The number of nitrogens with one attached hydrogen (secondary N) is 1. The molecule has 0 aliphatic carbocycles. The Labute approximate surface area is 91.8 Å². The molecule has 16 heavy (non-hydrogen) atoms. The van der Waals surface area contributed by atoms with E-state index in [9.17, 15) is 4.79 Å². The van der Waals surface area contributed by atoms with Crippen molar-refractivity contribution in [2.45, 2.75) is 0 Å². The Morgan fingerprint density at radius 3 is 2.81 bits per heavy atom. The fourth-order valence-electron chi connectivity index (χ4n) is 1.06. The van der Waals surface area contributed by atoms with Crippen molar-refractivity contribution in [3.63, 3.8) is 0 Å². The Kier molecular flexibility index (Phi) is 3.08. The van der Waals surface area contributed by atoms with E-state index < -0.39 is 0 Å². The molecule has 80 valence electrons. The van der Waals surface area contributed by atoms with Gasteiger partial charge in [-0.15, -0.1) is 0 Å². The van der Waals surface area contributed by atoms with Crippen molar-refractivity contribution >= 4 is 17.9 Å². The van der Waals surface area contributed by atoms with Gasteiger partial charge < -0.3 is 4.42 Å². The summed E-state index contributed by atoms with van der Waals surface area (Å²) in [6.07, 6.45) is 7.57. The third kappa shape index (κ3) is 2.78. The van der Waals surface area contributed by atoms with Crippen LogP contribution in [0.3, 0.4) is 0 Å². The molecular weight excluding hydrogens is 206 g/mol. The molecule has 2 heterocycles. The molecule has 0 spiro atoms. The fraction of sp³-hybridized carbons (Fsp3) is 0. The predicted molar refractivity (Wildman–Crippen MR) is 58.4 cm³/mol. The van der Waals surface area contributed by atoms with Crippen molar-refractivity contribution in [1.29, 1.82) is 0 Å². The van der Waals surface area contributed by atoms with Crippen molar-refractivity contribution in [2.75, 3.05) is 5.32 Å². The molecule has 0 radical (unpaired) electrons. The van der Waals surface area contributed by atoms with Crippen molar-refractivity contribution < 1.29 is 9.21 Å². The number of hydrogen-bond acceptors (Lipinski definition) is 4. The average molecular weight is 215 g/mol. The maximum absolute atomic E-state index is 11.4. The van der Waals surface area contributed by atoms with Crippen molar-refractivity contribution in [3.8, 4) is 0 Å². The molecule has 5 nitrogen and oxygen atoms in total. The quantitative estimate of drug-likeness (QED) is 0.791. The topological polar surface area (TPSA) is 68.0 Å². The molecule has 2 rings (SSSR count). The summed E-state index contributed by atoms with van der Waals surface area (Å²) in [5.74, 6) is 0.586. The van der Waals surface area contributed by atoms with Gasteiger partial charge in [-0.1, -0.05) is 0 Å². The monoisotopic (exact) mass is 215 g/mol. The molecule has 0 aromatic carbocycles. The van der Waals surface area contributed by atoms with Gasteiger partial charge in [-0.3, -0.25) is 10.1 Å². The highest BCUT2D eigenvalue weighted by Gasteiger charge is 1.98. The Morgan fingerprint density at radius 1 is 1.31 bits per heavy atom. The van der Waals surface area contributed by atoms with Crippen LogP contribution in [-0.2, 0) is 4.79 Å². The van der Waals surface area contributed by atoms with Gasteiger partial charge >= 0.3 is 0 Å². The first-order valence-corrected chi connectivity index (χ1v) is 4.64. The predicted octanol–water partition coefficient (Wildman–Crippen LogP) is 1.72. The fourth-order valence-corrected chi connectivity index (χ4v) is 1.06. The van der Waals surface area contributed by atoms with E-state index in [4.69, 9.17) is 4.42 Å². The number of carbonyl (C=O) groups excluding carboxylic acids is 1. The average Bonchev–Trinajstić information content (AvgIpc) is 2.81. The van der Waals surface area contributed by atoms with Crippen LogP contribution < -0.4 is 5.32 Å². The van der Waals surface area contributed by atoms with Gasteiger partial charge in [-0.2, -0.15) is 0 Å². The third-order valence-corrected chi connectivity index (χ3v) is 1.74. The minimum Gasteiger partial charge on any atom is -0.465 e. The van der Waals surface area contributed by atoms with E-state index in [2.05, 4.69) is 15.3 Å². The summed E-state index contributed by atoms with van der Waals surface area (Å²) in [6, 6.07) is 5.18. The maximum Gasteiger partial charge on any atom is 0.250 e. The second-order valence-electron chi connectivity index (χ2n) is 2.91. The summed E-state index contributed by atoms with van der Waals surface area (Å²) in [7, 11) is 0. The van der Waals surface area contributed by atoms with E-state index in [0.717, 1.165) is 0 Å². The zero-order valence-corrected chi connectivity index (χ0v) is 8.33. The number of amides is 1. The van der Waals surface area contributed by atoms with E-state index >= 15 is 0 Å². The summed E-state index contributed by atoms with van der Waals surface area (Å²) >= 11 is 0. The minimum absolute atomic E-state index is 0.275. The second-order valence-corrected chi connectivity index (χ2v) is 2.91. The molecular formula is C11H9N3O2. The molecule has 0 fully saturated rings. The first kappa shape index (κ1) is 10.1. The van der Waals surface area contributed by atoms with Crippen LogP contribution in [0.1, 0.15) is 5.76 Å². The number of aromatic nitrogens is 2. The van der Waals surface area contributed by atoms with Crippen molar-refractivity contribution in [2.24, 2.45) is 0 Å². The van der Waals surface area contributed by atoms with E-state index in [-0.39, 0.29) is 11.9 Å². The van der Waals surface area contributed by atoms with Crippen LogP contribution in [0.5, 0.6) is 0 Å².